The number of carbonyl (C=O) groups is 1. The van der Waals surface area contributed by atoms with Crippen LogP contribution in [0.15, 0.2) is 48.5 Å². The van der Waals surface area contributed by atoms with Gasteiger partial charge in [-0.1, -0.05) is 24.3 Å². The highest BCUT2D eigenvalue weighted by atomic mass is 16.2. The normalized spacial score (nSPS) is 17.2. The van der Waals surface area contributed by atoms with Crippen LogP contribution in [0.1, 0.15) is 34.3 Å². The minimum atomic E-state index is 0.146. The van der Waals surface area contributed by atoms with Gasteiger partial charge >= 0.3 is 0 Å². The second-order valence-corrected chi connectivity index (χ2v) is 6.49. The van der Waals surface area contributed by atoms with E-state index >= 15 is 0 Å². The second kappa shape index (κ2) is 6.07. The Kier molecular flexibility index (Phi) is 3.78. The van der Waals surface area contributed by atoms with Crippen LogP contribution in [0.25, 0.3) is 0 Å². The fraction of sp³-hybridized carbons (Fsp3) is 0.350. The third-order valence-electron chi connectivity index (χ3n) is 5.00. The summed E-state index contributed by atoms with van der Waals surface area (Å²) in [4.78, 5) is 17.1. The molecular formula is C20H22N2O. The first kappa shape index (κ1) is 14.3. The van der Waals surface area contributed by atoms with Crippen molar-refractivity contribution in [1.29, 1.82) is 0 Å². The van der Waals surface area contributed by atoms with Gasteiger partial charge in [0.2, 0.25) is 0 Å². The van der Waals surface area contributed by atoms with Crippen molar-refractivity contribution in [2.24, 2.45) is 0 Å². The average molecular weight is 306 g/mol. The maximum atomic E-state index is 12.8. The van der Waals surface area contributed by atoms with Crippen molar-refractivity contribution in [2.75, 3.05) is 24.5 Å². The van der Waals surface area contributed by atoms with Crippen LogP contribution in [0.5, 0.6) is 0 Å². The molecule has 0 saturated carbocycles. The summed E-state index contributed by atoms with van der Waals surface area (Å²) >= 11 is 0. The summed E-state index contributed by atoms with van der Waals surface area (Å²) in [5, 5.41) is 0. The average Bonchev–Trinajstić information content (AvgIpc) is 3.15. The lowest BCUT2D eigenvalue weighted by molar-refractivity contribution is 0.0735. The minimum Gasteiger partial charge on any atom is -0.372 e. The molecule has 1 fully saturated rings. The van der Waals surface area contributed by atoms with Crippen LogP contribution in [0.2, 0.25) is 0 Å². The van der Waals surface area contributed by atoms with Crippen LogP contribution in [0.3, 0.4) is 0 Å². The van der Waals surface area contributed by atoms with Crippen LogP contribution >= 0.6 is 0 Å². The Morgan fingerprint density at radius 1 is 0.826 bits per heavy atom. The van der Waals surface area contributed by atoms with E-state index in [0.29, 0.717) is 0 Å². The van der Waals surface area contributed by atoms with Gasteiger partial charge in [-0.2, -0.15) is 0 Å². The Morgan fingerprint density at radius 3 is 2.26 bits per heavy atom. The van der Waals surface area contributed by atoms with E-state index in [4.69, 9.17) is 0 Å². The van der Waals surface area contributed by atoms with Gasteiger partial charge in [0.15, 0.2) is 0 Å². The van der Waals surface area contributed by atoms with E-state index in [9.17, 15) is 4.79 Å². The van der Waals surface area contributed by atoms with Crippen molar-refractivity contribution < 1.29 is 4.79 Å². The molecule has 23 heavy (non-hydrogen) atoms. The molecule has 0 bridgehead atoms. The van der Waals surface area contributed by atoms with Crippen molar-refractivity contribution in [3.05, 3.63) is 65.2 Å². The number of fused-ring (bicyclic) bond motifs is 1. The molecule has 0 aromatic heterocycles. The zero-order valence-electron chi connectivity index (χ0n) is 13.4. The summed E-state index contributed by atoms with van der Waals surface area (Å²) in [6.45, 7) is 3.80. The first-order chi connectivity index (χ1) is 11.3. The number of benzene rings is 2. The molecule has 1 amide bonds. The predicted octanol–water partition coefficient (Wildman–Crippen LogP) is 3.49. The summed E-state index contributed by atoms with van der Waals surface area (Å²) in [6.07, 6.45) is 3.50. The van der Waals surface area contributed by atoms with Crippen molar-refractivity contribution in [1.82, 2.24) is 4.90 Å². The molecule has 0 N–H and O–H groups in total. The number of hydrogen-bond acceptors (Lipinski definition) is 2. The Bertz CT molecular complexity index is 702. The molecular weight excluding hydrogens is 284 g/mol. The highest BCUT2D eigenvalue weighted by Gasteiger charge is 2.21. The van der Waals surface area contributed by atoms with Gasteiger partial charge in [-0.3, -0.25) is 4.79 Å². The number of amides is 1. The molecule has 0 atom stereocenters. The highest BCUT2D eigenvalue weighted by Crippen LogP contribution is 2.23. The molecule has 2 heterocycles. The lowest BCUT2D eigenvalue weighted by Gasteiger charge is -2.29. The van der Waals surface area contributed by atoms with Crippen LogP contribution in [-0.4, -0.2) is 30.4 Å². The zero-order valence-corrected chi connectivity index (χ0v) is 13.4. The van der Waals surface area contributed by atoms with E-state index in [0.717, 1.165) is 38.2 Å². The molecule has 0 unspecified atom stereocenters. The van der Waals surface area contributed by atoms with Gasteiger partial charge in [-0.25, -0.2) is 0 Å². The largest absolute Gasteiger partial charge is 0.372 e. The molecule has 2 aromatic rings. The summed E-state index contributed by atoms with van der Waals surface area (Å²) in [5.41, 5.74) is 4.69. The minimum absolute atomic E-state index is 0.146. The van der Waals surface area contributed by atoms with Crippen LogP contribution in [0.4, 0.5) is 5.69 Å². The Balaban J connectivity index is 1.49. The molecule has 4 rings (SSSR count). The first-order valence-electron chi connectivity index (χ1n) is 8.52. The molecule has 2 aromatic carbocycles. The summed E-state index contributed by atoms with van der Waals surface area (Å²) in [5.74, 6) is 0.146. The van der Waals surface area contributed by atoms with Gasteiger partial charge in [0.25, 0.3) is 5.91 Å². The fourth-order valence-corrected chi connectivity index (χ4v) is 3.64. The molecule has 3 nitrogen and oxygen atoms in total. The Labute approximate surface area is 137 Å². The fourth-order valence-electron chi connectivity index (χ4n) is 3.64. The van der Waals surface area contributed by atoms with Gasteiger partial charge < -0.3 is 9.80 Å². The van der Waals surface area contributed by atoms with Crippen LogP contribution in [-0.2, 0) is 13.0 Å². The van der Waals surface area contributed by atoms with E-state index in [1.54, 1.807) is 0 Å². The van der Waals surface area contributed by atoms with Crippen LogP contribution < -0.4 is 4.90 Å². The maximum Gasteiger partial charge on any atom is 0.254 e. The molecule has 1 saturated heterocycles. The predicted molar refractivity (Wildman–Crippen MR) is 92.8 cm³/mol. The zero-order chi connectivity index (χ0) is 15.6. The van der Waals surface area contributed by atoms with E-state index in [2.05, 4.69) is 41.3 Å². The molecule has 118 valence electrons. The SMILES string of the molecule is O=C(c1ccc(N2CCCC2)cc1)N1CCc2ccccc2C1. The highest BCUT2D eigenvalue weighted by molar-refractivity contribution is 5.94. The number of rotatable bonds is 2. The summed E-state index contributed by atoms with van der Waals surface area (Å²) < 4.78 is 0. The lowest BCUT2D eigenvalue weighted by Crippen LogP contribution is -2.35. The van der Waals surface area contributed by atoms with E-state index in [1.165, 1.54) is 29.7 Å². The number of carbonyl (C=O) groups excluding carboxylic acids is 1. The molecule has 3 heteroatoms. The molecule has 0 aliphatic carbocycles. The maximum absolute atomic E-state index is 12.8. The van der Waals surface area contributed by atoms with Crippen molar-refractivity contribution in [2.45, 2.75) is 25.8 Å². The van der Waals surface area contributed by atoms with Gasteiger partial charge in [0.05, 0.1) is 0 Å². The van der Waals surface area contributed by atoms with E-state index < -0.39 is 0 Å². The van der Waals surface area contributed by atoms with Crippen molar-refractivity contribution in [3.8, 4) is 0 Å². The van der Waals surface area contributed by atoms with Gasteiger partial charge in [0, 0.05) is 37.4 Å². The topological polar surface area (TPSA) is 23.6 Å². The quantitative estimate of drug-likeness (QED) is 0.848. The van der Waals surface area contributed by atoms with Crippen molar-refractivity contribution in [3.63, 3.8) is 0 Å². The molecule has 0 radical (unpaired) electrons. The van der Waals surface area contributed by atoms with Gasteiger partial charge in [-0.15, -0.1) is 0 Å². The van der Waals surface area contributed by atoms with Crippen molar-refractivity contribution >= 4 is 11.6 Å². The van der Waals surface area contributed by atoms with E-state index in [-0.39, 0.29) is 5.91 Å². The summed E-state index contributed by atoms with van der Waals surface area (Å²) in [7, 11) is 0. The Morgan fingerprint density at radius 2 is 1.52 bits per heavy atom. The number of anilines is 1. The molecule has 0 spiro atoms. The Hall–Kier alpha value is -2.29. The number of hydrogen-bond donors (Lipinski definition) is 0. The first-order valence-corrected chi connectivity index (χ1v) is 8.52. The molecule has 2 aliphatic rings. The monoisotopic (exact) mass is 306 g/mol. The van der Waals surface area contributed by atoms with Gasteiger partial charge in [-0.05, 0) is 54.7 Å². The standard InChI is InChI=1S/C20H22N2O/c23-20(22-14-11-16-5-1-2-6-18(16)15-22)17-7-9-19(10-8-17)21-12-3-4-13-21/h1-2,5-10H,3-4,11-15H2. The molecule has 2 aliphatic heterocycles. The van der Waals surface area contributed by atoms with E-state index in [1.807, 2.05) is 17.0 Å². The smallest absolute Gasteiger partial charge is 0.254 e. The number of nitrogens with zero attached hydrogens (tertiary/aromatic N) is 2. The third kappa shape index (κ3) is 2.83. The lowest BCUT2D eigenvalue weighted by atomic mass is 9.99. The van der Waals surface area contributed by atoms with Gasteiger partial charge in [0.1, 0.15) is 0 Å². The second-order valence-electron chi connectivity index (χ2n) is 6.49. The third-order valence-corrected chi connectivity index (χ3v) is 5.00. The summed E-state index contributed by atoms with van der Waals surface area (Å²) in [6, 6.07) is 16.6. The van der Waals surface area contributed by atoms with Crippen LogP contribution in [0, 0.1) is 0 Å².